The van der Waals surface area contributed by atoms with Crippen LogP contribution >= 0.6 is 23.2 Å². The first-order valence-electron chi connectivity index (χ1n) is 9.40. The number of nitrogens with one attached hydrogen (secondary N) is 1. The lowest BCUT2D eigenvalue weighted by molar-refractivity contribution is 0.0263. The molecule has 0 aromatic rings. The molecule has 0 radical (unpaired) electrons. The maximum atomic E-state index is 10.4. The van der Waals surface area contributed by atoms with Gasteiger partial charge >= 0.3 is 0 Å². The summed E-state index contributed by atoms with van der Waals surface area (Å²) in [7, 11) is 0. The molecule has 7 heteroatoms. The third-order valence-corrected chi connectivity index (χ3v) is 7.42. The largest absolute Gasteiger partial charge is 0.393 e. The van der Waals surface area contributed by atoms with Crippen LogP contribution in [0.25, 0.3) is 0 Å². The summed E-state index contributed by atoms with van der Waals surface area (Å²) < 4.78 is 0. The Morgan fingerprint density at radius 2 is 1.71 bits per heavy atom. The summed E-state index contributed by atoms with van der Waals surface area (Å²) in [6, 6.07) is 0.314. The second-order valence-corrected chi connectivity index (χ2v) is 9.07. The van der Waals surface area contributed by atoms with Crippen molar-refractivity contribution in [3.8, 4) is 0 Å². The molecule has 3 aliphatic rings. The van der Waals surface area contributed by atoms with Crippen LogP contribution in [0.2, 0.25) is 0 Å². The number of likely N-dealkylation sites (tertiary alicyclic amines) is 1. The topological polar surface area (TPSA) is 87.5 Å². The quantitative estimate of drug-likeness (QED) is 0.551. The summed E-state index contributed by atoms with van der Waals surface area (Å²) in [6.45, 7) is 3.04. The van der Waals surface area contributed by atoms with E-state index in [1.165, 1.54) is 0 Å². The van der Waals surface area contributed by atoms with Gasteiger partial charge in [0.1, 0.15) is 0 Å². The van der Waals surface area contributed by atoms with Crippen molar-refractivity contribution in [2.24, 2.45) is 23.3 Å². The number of piperidine rings is 2. The first-order valence-corrected chi connectivity index (χ1v) is 10.3. The molecule has 0 aromatic carbocycles. The highest BCUT2D eigenvalue weighted by Gasteiger charge is 2.41. The molecule has 0 aromatic heterocycles. The fourth-order valence-electron chi connectivity index (χ4n) is 4.67. The van der Waals surface area contributed by atoms with Gasteiger partial charge in [0.25, 0.3) is 0 Å². The van der Waals surface area contributed by atoms with Gasteiger partial charge in [0.2, 0.25) is 0 Å². The molecule has 2 heterocycles. The van der Waals surface area contributed by atoms with Gasteiger partial charge in [-0.3, -0.25) is 4.90 Å². The van der Waals surface area contributed by atoms with E-state index in [1.807, 2.05) is 0 Å². The van der Waals surface area contributed by atoms with Crippen molar-refractivity contribution in [2.45, 2.75) is 73.6 Å². The molecule has 2 aliphatic heterocycles. The molecule has 140 valence electrons. The third-order valence-electron chi connectivity index (χ3n) is 6.33. The number of hydrogen-bond donors (Lipinski definition) is 4. The molecule has 24 heavy (non-hydrogen) atoms. The summed E-state index contributed by atoms with van der Waals surface area (Å²) in [5, 5.41) is 13.7. The van der Waals surface area contributed by atoms with Gasteiger partial charge in [-0.2, -0.15) is 0 Å². The minimum Gasteiger partial charge on any atom is -0.393 e. The first-order chi connectivity index (χ1) is 11.5. The van der Waals surface area contributed by atoms with Crippen LogP contribution in [-0.2, 0) is 0 Å². The number of alkyl halides is 2. The molecule has 7 atom stereocenters. The molecule has 3 fully saturated rings. The lowest BCUT2D eigenvalue weighted by Gasteiger charge is -2.45. The third kappa shape index (κ3) is 4.37. The predicted octanol–water partition coefficient (Wildman–Crippen LogP) is 1.05. The van der Waals surface area contributed by atoms with Gasteiger partial charge < -0.3 is 21.9 Å². The SMILES string of the molecule is NC1CCC(N2CCC([C@@H](N)C3CC(Cl)C(Cl)CC3O)CC2)NC1. The molecule has 2 saturated heterocycles. The monoisotopic (exact) mass is 378 g/mol. The molecule has 0 bridgehead atoms. The molecule has 3 rings (SSSR count). The van der Waals surface area contributed by atoms with E-state index in [0.717, 1.165) is 51.7 Å². The van der Waals surface area contributed by atoms with Gasteiger partial charge in [-0.1, -0.05) is 0 Å². The van der Waals surface area contributed by atoms with Gasteiger partial charge in [-0.05, 0) is 57.5 Å². The fraction of sp³-hybridized carbons (Fsp3) is 1.00. The van der Waals surface area contributed by atoms with E-state index < -0.39 is 6.10 Å². The van der Waals surface area contributed by atoms with Crippen LogP contribution in [0.5, 0.6) is 0 Å². The molecule has 5 nitrogen and oxygen atoms in total. The zero-order valence-corrected chi connectivity index (χ0v) is 15.8. The standard InChI is InChI=1S/C17H32Cl2N4O/c18-13-7-12(15(24)8-14(13)19)17(21)10-3-5-23(6-4-10)16-2-1-11(20)9-22-16/h10-17,22,24H,1-9,20-21H2/t11?,12?,13?,14?,15?,16?,17-/m1/s1. The van der Waals surface area contributed by atoms with Crippen molar-refractivity contribution in [1.29, 1.82) is 0 Å². The van der Waals surface area contributed by atoms with Crippen molar-refractivity contribution in [1.82, 2.24) is 10.2 Å². The summed E-state index contributed by atoms with van der Waals surface area (Å²) in [4.78, 5) is 2.53. The highest BCUT2D eigenvalue weighted by molar-refractivity contribution is 6.30. The van der Waals surface area contributed by atoms with E-state index in [9.17, 15) is 5.11 Å². The Bertz CT molecular complexity index is 400. The molecule has 1 saturated carbocycles. The molecule has 0 amide bonds. The Morgan fingerprint density at radius 1 is 1.04 bits per heavy atom. The average molecular weight is 379 g/mol. The van der Waals surface area contributed by atoms with Crippen LogP contribution < -0.4 is 16.8 Å². The molecular weight excluding hydrogens is 347 g/mol. The van der Waals surface area contributed by atoms with Crippen LogP contribution in [0.3, 0.4) is 0 Å². The molecular formula is C17H32Cl2N4O. The Hall–Kier alpha value is 0.380. The highest BCUT2D eigenvalue weighted by atomic mass is 35.5. The lowest BCUT2D eigenvalue weighted by Crippen LogP contribution is -2.57. The number of nitrogens with two attached hydrogens (primary N) is 2. The minimum atomic E-state index is -0.419. The van der Waals surface area contributed by atoms with Gasteiger partial charge in [0.05, 0.1) is 23.0 Å². The summed E-state index contributed by atoms with van der Waals surface area (Å²) >= 11 is 12.5. The Balaban J connectivity index is 1.49. The number of aliphatic hydroxyl groups is 1. The minimum absolute atomic E-state index is 0.0142. The number of halogens is 2. The maximum Gasteiger partial charge on any atom is 0.0598 e. The first kappa shape index (κ1) is 19.2. The predicted molar refractivity (Wildman–Crippen MR) is 99.3 cm³/mol. The second-order valence-electron chi connectivity index (χ2n) is 7.95. The van der Waals surface area contributed by atoms with Crippen LogP contribution in [0, 0.1) is 11.8 Å². The van der Waals surface area contributed by atoms with Gasteiger partial charge in [0, 0.05) is 24.5 Å². The van der Waals surface area contributed by atoms with Gasteiger partial charge in [-0.15, -0.1) is 23.2 Å². The normalized spacial score (nSPS) is 44.4. The number of aliphatic hydroxyl groups excluding tert-OH is 1. The number of rotatable bonds is 3. The molecule has 1 aliphatic carbocycles. The van der Waals surface area contributed by atoms with Crippen LogP contribution in [0.4, 0.5) is 0 Å². The Labute approximate surface area is 155 Å². The maximum absolute atomic E-state index is 10.4. The van der Waals surface area contributed by atoms with E-state index in [2.05, 4.69) is 10.2 Å². The molecule has 0 spiro atoms. The Kier molecular flexibility index (Phi) is 6.69. The van der Waals surface area contributed by atoms with Crippen molar-refractivity contribution in [3.63, 3.8) is 0 Å². The van der Waals surface area contributed by atoms with Crippen LogP contribution in [-0.4, -0.2) is 64.7 Å². The van der Waals surface area contributed by atoms with E-state index in [-0.39, 0.29) is 22.7 Å². The fourth-order valence-corrected chi connectivity index (χ4v) is 5.27. The van der Waals surface area contributed by atoms with Crippen molar-refractivity contribution in [2.75, 3.05) is 19.6 Å². The van der Waals surface area contributed by atoms with Crippen LogP contribution in [0.15, 0.2) is 0 Å². The summed E-state index contributed by atoms with van der Waals surface area (Å²) in [5.41, 5.74) is 12.5. The van der Waals surface area contributed by atoms with Gasteiger partial charge in [-0.25, -0.2) is 0 Å². The zero-order valence-electron chi connectivity index (χ0n) is 14.3. The van der Waals surface area contributed by atoms with Crippen molar-refractivity contribution < 1.29 is 5.11 Å². The second kappa shape index (κ2) is 8.38. The smallest absolute Gasteiger partial charge is 0.0598 e. The van der Waals surface area contributed by atoms with Crippen molar-refractivity contribution >= 4 is 23.2 Å². The molecule has 6 unspecified atom stereocenters. The molecule has 6 N–H and O–H groups in total. The van der Waals surface area contributed by atoms with E-state index >= 15 is 0 Å². The van der Waals surface area contributed by atoms with Crippen molar-refractivity contribution in [3.05, 3.63) is 0 Å². The number of hydrogen-bond acceptors (Lipinski definition) is 5. The lowest BCUT2D eigenvalue weighted by atomic mass is 9.74. The summed E-state index contributed by atoms with van der Waals surface area (Å²) in [6.07, 6.45) is 5.73. The zero-order chi connectivity index (χ0) is 17.3. The summed E-state index contributed by atoms with van der Waals surface area (Å²) in [5.74, 6) is 0.535. The number of nitrogens with zero attached hydrogens (tertiary/aromatic N) is 1. The Morgan fingerprint density at radius 3 is 2.33 bits per heavy atom. The van der Waals surface area contributed by atoms with E-state index in [0.29, 0.717) is 24.5 Å². The van der Waals surface area contributed by atoms with E-state index in [4.69, 9.17) is 34.7 Å². The van der Waals surface area contributed by atoms with Gasteiger partial charge in [0.15, 0.2) is 0 Å². The van der Waals surface area contributed by atoms with E-state index in [1.54, 1.807) is 0 Å². The highest BCUT2D eigenvalue weighted by Crippen LogP contribution is 2.37. The average Bonchev–Trinajstić information content (AvgIpc) is 2.58. The van der Waals surface area contributed by atoms with Crippen LogP contribution in [0.1, 0.15) is 38.5 Å².